The summed E-state index contributed by atoms with van der Waals surface area (Å²) in [6, 6.07) is 0. The largest absolute Gasteiger partial charge is 0.340 e. The van der Waals surface area contributed by atoms with Crippen LogP contribution in [-0.2, 0) is 14.8 Å². The molecule has 8 heteroatoms. The standard InChI is InChI=1S/C14H25N3O3S.ClH/c1-2-21(19,20)17-9-7-16(8-10-17)13(18)12-11-14(12)3-5-15-6-4-14;/h12,15H,2-11H2,1H3;1H. The highest BCUT2D eigenvalue weighted by molar-refractivity contribution is 7.89. The summed E-state index contributed by atoms with van der Waals surface area (Å²) in [6.45, 7) is 5.69. The van der Waals surface area contributed by atoms with Gasteiger partial charge in [-0.25, -0.2) is 8.42 Å². The highest BCUT2D eigenvalue weighted by Crippen LogP contribution is 2.59. The van der Waals surface area contributed by atoms with Crippen LogP contribution in [0.15, 0.2) is 0 Å². The lowest BCUT2D eigenvalue weighted by molar-refractivity contribution is -0.134. The molecular formula is C14H26ClN3O3S. The first-order valence-corrected chi connectivity index (χ1v) is 9.57. The molecule has 128 valence electrons. The van der Waals surface area contributed by atoms with Gasteiger partial charge in [0.15, 0.2) is 0 Å². The summed E-state index contributed by atoms with van der Waals surface area (Å²) in [4.78, 5) is 14.5. The van der Waals surface area contributed by atoms with Crippen LogP contribution in [0.4, 0.5) is 0 Å². The number of amides is 1. The molecule has 0 bridgehead atoms. The Morgan fingerprint density at radius 1 is 1.18 bits per heavy atom. The maximum Gasteiger partial charge on any atom is 0.226 e. The lowest BCUT2D eigenvalue weighted by atomic mass is 9.91. The van der Waals surface area contributed by atoms with Crippen LogP contribution < -0.4 is 5.32 Å². The van der Waals surface area contributed by atoms with Crippen LogP contribution in [0.1, 0.15) is 26.2 Å². The summed E-state index contributed by atoms with van der Waals surface area (Å²) in [5.74, 6) is 0.582. The molecule has 2 heterocycles. The third kappa shape index (κ3) is 3.27. The van der Waals surface area contributed by atoms with Crippen LogP contribution in [0.25, 0.3) is 0 Å². The molecule has 0 aromatic heterocycles. The number of hydrogen-bond acceptors (Lipinski definition) is 4. The van der Waals surface area contributed by atoms with Crippen LogP contribution in [0.3, 0.4) is 0 Å². The molecule has 0 aromatic rings. The van der Waals surface area contributed by atoms with Crippen molar-refractivity contribution in [3.8, 4) is 0 Å². The summed E-state index contributed by atoms with van der Waals surface area (Å²) in [5.41, 5.74) is 0.259. The molecule has 1 aliphatic carbocycles. The number of carbonyl (C=O) groups excluding carboxylic acids is 1. The molecule has 3 aliphatic rings. The van der Waals surface area contributed by atoms with E-state index in [-0.39, 0.29) is 35.4 Å². The molecule has 1 atom stereocenters. The fraction of sp³-hybridized carbons (Fsp3) is 0.929. The second kappa shape index (κ2) is 6.63. The Bertz CT molecular complexity index is 511. The molecule has 1 saturated carbocycles. The number of sulfonamides is 1. The van der Waals surface area contributed by atoms with Crippen LogP contribution in [0.2, 0.25) is 0 Å². The number of nitrogens with one attached hydrogen (secondary N) is 1. The van der Waals surface area contributed by atoms with Gasteiger partial charge in [0.1, 0.15) is 0 Å². The maximum atomic E-state index is 12.6. The normalized spacial score (nSPS) is 28.2. The number of nitrogens with zero attached hydrogens (tertiary/aromatic N) is 2. The molecule has 2 aliphatic heterocycles. The summed E-state index contributed by atoms with van der Waals surface area (Å²) in [6.07, 6.45) is 3.24. The van der Waals surface area contributed by atoms with Gasteiger partial charge in [0.25, 0.3) is 0 Å². The van der Waals surface area contributed by atoms with Crippen molar-refractivity contribution in [3.63, 3.8) is 0 Å². The third-order valence-electron chi connectivity index (χ3n) is 5.40. The van der Waals surface area contributed by atoms with Crippen molar-refractivity contribution in [3.05, 3.63) is 0 Å². The van der Waals surface area contributed by atoms with Gasteiger partial charge < -0.3 is 10.2 Å². The van der Waals surface area contributed by atoms with E-state index in [2.05, 4.69) is 5.32 Å². The molecule has 1 N–H and O–H groups in total. The number of hydrogen-bond donors (Lipinski definition) is 1. The van der Waals surface area contributed by atoms with Gasteiger partial charge in [-0.3, -0.25) is 4.79 Å². The first-order valence-electron chi connectivity index (χ1n) is 7.96. The number of piperazine rings is 1. The Morgan fingerprint density at radius 2 is 1.77 bits per heavy atom. The summed E-state index contributed by atoms with van der Waals surface area (Å²) >= 11 is 0. The van der Waals surface area contributed by atoms with E-state index in [0.29, 0.717) is 26.2 Å². The number of piperidine rings is 1. The van der Waals surface area contributed by atoms with Gasteiger partial charge >= 0.3 is 0 Å². The van der Waals surface area contributed by atoms with Gasteiger partial charge in [0.05, 0.1) is 5.75 Å². The lowest BCUT2D eigenvalue weighted by Crippen LogP contribution is -2.51. The highest BCUT2D eigenvalue weighted by atomic mass is 35.5. The minimum atomic E-state index is -3.11. The molecule has 6 nitrogen and oxygen atoms in total. The predicted octanol–water partition coefficient (Wildman–Crippen LogP) is 0.292. The molecule has 1 amide bonds. The second-order valence-electron chi connectivity index (χ2n) is 6.49. The Kier molecular flexibility index (Phi) is 5.42. The van der Waals surface area contributed by atoms with E-state index < -0.39 is 10.0 Å². The van der Waals surface area contributed by atoms with E-state index in [1.807, 2.05) is 4.90 Å². The topological polar surface area (TPSA) is 69.7 Å². The number of rotatable bonds is 3. The zero-order valence-electron chi connectivity index (χ0n) is 13.1. The molecule has 22 heavy (non-hydrogen) atoms. The van der Waals surface area contributed by atoms with Gasteiger partial charge in [0.2, 0.25) is 15.9 Å². The van der Waals surface area contributed by atoms with Gasteiger partial charge in [0, 0.05) is 32.1 Å². The van der Waals surface area contributed by atoms with E-state index in [4.69, 9.17) is 0 Å². The first kappa shape index (κ1) is 18.0. The molecule has 1 unspecified atom stereocenters. The van der Waals surface area contributed by atoms with Crippen LogP contribution in [-0.4, -0.2) is 68.6 Å². The number of halogens is 1. The van der Waals surface area contributed by atoms with Crippen molar-refractivity contribution >= 4 is 28.3 Å². The molecule has 0 aromatic carbocycles. The Hall–Kier alpha value is -0.370. The lowest BCUT2D eigenvalue weighted by Gasteiger charge is -2.34. The molecular weight excluding hydrogens is 326 g/mol. The first-order chi connectivity index (χ1) is 9.98. The summed E-state index contributed by atoms with van der Waals surface area (Å²) in [7, 11) is -3.11. The Labute approximate surface area is 139 Å². The highest BCUT2D eigenvalue weighted by Gasteiger charge is 2.58. The van der Waals surface area contributed by atoms with Crippen molar-refractivity contribution in [1.29, 1.82) is 0 Å². The molecule has 3 fully saturated rings. The zero-order chi connectivity index (χ0) is 15.1. The summed E-state index contributed by atoms with van der Waals surface area (Å²) in [5, 5.41) is 3.35. The van der Waals surface area contributed by atoms with E-state index >= 15 is 0 Å². The van der Waals surface area contributed by atoms with E-state index in [0.717, 1.165) is 32.4 Å². The minimum Gasteiger partial charge on any atom is -0.340 e. The SMILES string of the molecule is CCS(=O)(=O)N1CCN(C(=O)C2CC23CCNCC3)CC1.Cl. The smallest absolute Gasteiger partial charge is 0.226 e. The molecule has 0 radical (unpaired) electrons. The quantitative estimate of drug-likeness (QED) is 0.793. The molecule has 1 spiro atoms. The van der Waals surface area contributed by atoms with E-state index in [1.165, 1.54) is 4.31 Å². The van der Waals surface area contributed by atoms with E-state index in [1.54, 1.807) is 6.92 Å². The van der Waals surface area contributed by atoms with Crippen molar-refractivity contribution in [2.75, 3.05) is 45.0 Å². The number of carbonyl (C=O) groups is 1. The van der Waals surface area contributed by atoms with Crippen LogP contribution in [0, 0.1) is 11.3 Å². The molecule has 3 rings (SSSR count). The van der Waals surface area contributed by atoms with Gasteiger partial charge in [-0.1, -0.05) is 0 Å². The van der Waals surface area contributed by atoms with Gasteiger partial charge in [-0.05, 0) is 44.7 Å². The van der Waals surface area contributed by atoms with Crippen LogP contribution in [0.5, 0.6) is 0 Å². The van der Waals surface area contributed by atoms with Crippen molar-refractivity contribution in [2.24, 2.45) is 11.3 Å². The van der Waals surface area contributed by atoms with Crippen molar-refractivity contribution in [2.45, 2.75) is 26.2 Å². The monoisotopic (exact) mass is 351 g/mol. The average molecular weight is 352 g/mol. The van der Waals surface area contributed by atoms with Gasteiger partial charge in [-0.2, -0.15) is 4.31 Å². The van der Waals surface area contributed by atoms with Crippen LogP contribution >= 0.6 is 12.4 Å². The molecule has 2 saturated heterocycles. The van der Waals surface area contributed by atoms with Crippen molar-refractivity contribution in [1.82, 2.24) is 14.5 Å². The third-order valence-corrected chi connectivity index (χ3v) is 7.28. The average Bonchev–Trinajstić information content (AvgIpc) is 3.20. The second-order valence-corrected chi connectivity index (χ2v) is 8.75. The Morgan fingerprint density at radius 3 is 2.32 bits per heavy atom. The minimum absolute atomic E-state index is 0. The fourth-order valence-corrected chi connectivity index (χ4v) is 4.85. The summed E-state index contributed by atoms with van der Waals surface area (Å²) < 4.78 is 25.2. The van der Waals surface area contributed by atoms with Crippen molar-refractivity contribution < 1.29 is 13.2 Å². The Balaban J connectivity index is 0.00000176. The predicted molar refractivity (Wildman–Crippen MR) is 87.5 cm³/mol. The zero-order valence-corrected chi connectivity index (χ0v) is 14.7. The maximum absolute atomic E-state index is 12.6. The fourth-order valence-electron chi connectivity index (χ4n) is 3.76. The van der Waals surface area contributed by atoms with Gasteiger partial charge in [-0.15, -0.1) is 12.4 Å². The van der Waals surface area contributed by atoms with E-state index in [9.17, 15) is 13.2 Å².